The van der Waals surface area contributed by atoms with Crippen LogP contribution in [-0.2, 0) is 11.2 Å². The summed E-state index contributed by atoms with van der Waals surface area (Å²) in [6.45, 7) is 1.99. The Morgan fingerprint density at radius 1 is 1.64 bits per heavy atom. The van der Waals surface area contributed by atoms with E-state index in [4.69, 9.17) is 5.11 Å². The van der Waals surface area contributed by atoms with E-state index in [0.717, 1.165) is 24.0 Å². The molecule has 1 heterocycles. The number of rotatable bonds is 1. The van der Waals surface area contributed by atoms with E-state index in [1.165, 1.54) is 0 Å². The number of aliphatic carboxylic acids is 1. The number of aryl methyl sites for hydroxylation is 1. The van der Waals surface area contributed by atoms with Gasteiger partial charge in [-0.3, -0.25) is 9.78 Å². The highest BCUT2D eigenvalue weighted by Gasteiger charge is 2.31. The third-order valence-electron chi connectivity index (χ3n) is 2.99. The van der Waals surface area contributed by atoms with Gasteiger partial charge in [0.25, 0.3) is 0 Å². The van der Waals surface area contributed by atoms with Crippen molar-refractivity contribution in [3.8, 4) is 0 Å². The molecule has 0 saturated heterocycles. The molecule has 1 N–H and O–H groups in total. The van der Waals surface area contributed by atoms with Crippen molar-refractivity contribution in [3.05, 3.63) is 29.6 Å². The number of carboxylic acids is 1. The fraction of sp³-hybridized carbons (Fsp3) is 0.455. The molecule has 1 aromatic rings. The van der Waals surface area contributed by atoms with Gasteiger partial charge in [0.1, 0.15) is 0 Å². The molecule has 0 saturated carbocycles. The number of hydrogen-bond donors (Lipinski definition) is 1. The number of hydrogen-bond acceptors (Lipinski definition) is 2. The lowest BCUT2D eigenvalue weighted by atomic mass is 9.77. The van der Waals surface area contributed by atoms with E-state index in [1.807, 2.05) is 13.0 Å². The zero-order chi connectivity index (χ0) is 10.1. The summed E-state index contributed by atoms with van der Waals surface area (Å²) in [5.41, 5.74) is 2.05. The molecule has 3 heteroatoms. The Balaban J connectivity index is 2.46. The van der Waals surface area contributed by atoms with Gasteiger partial charge in [-0.05, 0) is 36.0 Å². The van der Waals surface area contributed by atoms with Crippen molar-refractivity contribution in [2.75, 3.05) is 0 Å². The minimum atomic E-state index is -0.730. The zero-order valence-electron chi connectivity index (χ0n) is 8.10. The number of carboxylic acid groups (broad SMARTS) is 1. The van der Waals surface area contributed by atoms with Crippen LogP contribution in [0.1, 0.15) is 30.4 Å². The molecule has 0 amide bonds. The molecule has 1 aliphatic carbocycles. The van der Waals surface area contributed by atoms with Crippen molar-refractivity contribution in [3.63, 3.8) is 0 Å². The molecular weight excluding hydrogens is 178 g/mol. The summed E-state index contributed by atoms with van der Waals surface area (Å²) < 4.78 is 0. The summed E-state index contributed by atoms with van der Waals surface area (Å²) >= 11 is 0. The van der Waals surface area contributed by atoms with Crippen LogP contribution in [0.5, 0.6) is 0 Å². The second kappa shape index (κ2) is 3.40. The van der Waals surface area contributed by atoms with E-state index >= 15 is 0 Å². The number of fused-ring (bicyclic) bond motifs is 1. The molecule has 0 aromatic carbocycles. The van der Waals surface area contributed by atoms with Crippen LogP contribution in [0.25, 0.3) is 0 Å². The average molecular weight is 191 g/mol. The maximum absolute atomic E-state index is 11.1. The van der Waals surface area contributed by atoms with E-state index in [9.17, 15) is 4.79 Å². The predicted molar refractivity (Wildman–Crippen MR) is 52.1 cm³/mol. The molecule has 74 valence electrons. The minimum Gasteiger partial charge on any atom is -0.481 e. The Morgan fingerprint density at radius 2 is 2.43 bits per heavy atom. The Morgan fingerprint density at radius 3 is 3.14 bits per heavy atom. The molecule has 0 bridgehead atoms. The third-order valence-corrected chi connectivity index (χ3v) is 2.99. The second-order valence-corrected chi connectivity index (χ2v) is 3.91. The molecule has 0 fully saturated rings. The molecule has 2 rings (SSSR count). The summed E-state index contributed by atoms with van der Waals surface area (Å²) in [4.78, 5) is 15.1. The number of aromatic nitrogens is 1. The van der Waals surface area contributed by atoms with Crippen LogP contribution >= 0.6 is 0 Å². The maximum atomic E-state index is 11.1. The minimum absolute atomic E-state index is 0.212. The highest BCUT2D eigenvalue weighted by molar-refractivity contribution is 5.77. The molecule has 1 aliphatic rings. The van der Waals surface area contributed by atoms with Crippen LogP contribution < -0.4 is 0 Å². The molecular formula is C11H13NO2. The largest absolute Gasteiger partial charge is 0.481 e. The van der Waals surface area contributed by atoms with Gasteiger partial charge in [0.2, 0.25) is 0 Å². The molecule has 0 aliphatic heterocycles. The molecule has 0 spiro atoms. The molecule has 1 aromatic heterocycles. The van der Waals surface area contributed by atoms with Crippen molar-refractivity contribution in [1.82, 2.24) is 4.98 Å². The second-order valence-electron chi connectivity index (χ2n) is 3.91. The van der Waals surface area contributed by atoms with Gasteiger partial charge >= 0.3 is 5.97 Å². The van der Waals surface area contributed by atoms with Gasteiger partial charge in [-0.25, -0.2) is 0 Å². The lowest BCUT2D eigenvalue weighted by Crippen LogP contribution is -2.25. The zero-order valence-corrected chi connectivity index (χ0v) is 8.10. The Bertz CT molecular complexity index is 362. The Labute approximate surface area is 82.8 Å². The summed E-state index contributed by atoms with van der Waals surface area (Å²) in [5.74, 6) is -0.886. The van der Waals surface area contributed by atoms with Crippen LogP contribution in [0.3, 0.4) is 0 Å². The maximum Gasteiger partial charge on any atom is 0.311 e. The highest BCUT2D eigenvalue weighted by Crippen LogP contribution is 2.35. The monoisotopic (exact) mass is 191 g/mol. The van der Waals surface area contributed by atoms with Gasteiger partial charge in [0, 0.05) is 12.4 Å². The third kappa shape index (κ3) is 1.39. The van der Waals surface area contributed by atoms with Crippen molar-refractivity contribution in [2.45, 2.75) is 25.7 Å². The molecule has 0 radical (unpaired) electrons. The topological polar surface area (TPSA) is 50.2 Å². The summed E-state index contributed by atoms with van der Waals surface area (Å²) in [5, 5.41) is 9.13. The van der Waals surface area contributed by atoms with Crippen LogP contribution in [0.2, 0.25) is 0 Å². The Hall–Kier alpha value is -1.38. The van der Waals surface area contributed by atoms with Gasteiger partial charge in [0.05, 0.1) is 5.92 Å². The van der Waals surface area contributed by atoms with Crippen LogP contribution in [0, 0.1) is 5.92 Å². The van der Waals surface area contributed by atoms with Gasteiger partial charge in [-0.2, -0.15) is 0 Å². The average Bonchev–Trinajstić information content (AvgIpc) is 2.17. The molecule has 3 nitrogen and oxygen atoms in total. The SMILES string of the molecule is CC1CCc2ccncc2C1C(=O)O. The van der Waals surface area contributed by atoms with Crippen molar-refractivity contribution >= 4 is 5.97 Å². The molecule has 2 unspecified atom stereocenters. The summed E-state index contributed by atoms with van der Waals surface area (Å²) in [7, 11) is 0. The quantitative estimate of drug-likeness (QED) is 0.736. The van der Waals surface area contributed by atoms with Gasteiger partial charge in [-0.1, -0.05) is 6.92 Å². The number of pyridine rings is 1. The van der Waals surface area contributed by atoms with E-state index in [1.54, 1.807) is 12.4 Å². The normalized spacial score (nSPS) is 25.5. The summed E-state index contributed by atoms with van der Waals surface area (Å²) in [6, 6.07) is 1.93. The lowest BCUT2D eigenvalue weighted by molar-refractivity contribution is -0.140. The van der Waals surface area contributed by atoms with Crippen molar-refractivity contribution < 1.29 is 9.90 Å². The van der Waals surface area contributed by atoms with Gasteiger partial charge < -0.3 is 5.11 Å². The van der Waals surface area contributed by atoms with Gasteiger partial charge in [0.15, 0.2) is 0 Å². The van der Waals surface area contributed by atoms with Crippen LogP contribution in [0.4, 0.5) is 0 Å². The van der Waals surface area contributed by atoms with Crippen LogP contribution in [0.15, 0.2) is 18.5 Å². The summed E-state index contributed by atoms with van der Waals surface area (Å²) in [6.07, 6.45) is 5.36. The number of nitrogens with zero attached hydrogens (tertiary/aromatic N) is 1. The highest BCUT2D eigenvalue weighted by atomic mass is 16.4. The smallest absolute Gasteiger partial charge is 0.311 e. The van der Waals surface area contributed by atoms with Crippen molar-refractivity contribution in [1.29, 1.82) is 0 Å². The Kier molecular flexibility index (Phi) is 2.23. The first-order chi connectivity index (χ1) is 6.70. The lowest BCUT2D eigenvalue weighted by Gasteiger charge is -2.27. The van der Waals surface area contributed by atoms with Crippen molar-refractivity contribution in [2.24, 2.45) is 5.92 Å². The number of carbonyl (C=O) groups is 1. The van der Waals surface area contributed by atoms with E-state index in [2.05, 4.69) is 4.98 Å². The molecule has 14 heavy (non-hydrogen) atoms. The van der Waals surface area contributed by atoms with Gasteiger partial charge in [-0.15, -0.1) is 0 Å². The molecule has 2 atom stereocenters. The standard InChI is InChI=1S/C11H13NO2/c1-7-2-3-8-4-5-12-6-9(8)10(7)11(13)14/h4-7,10H,2-3H2,1H3,(H,13,14). The fourth-order valence-electron chi connectivity index (χ4n) is 2.18. The first-order valence-corrected chi connectivity index (χ1v) is 4.85. The van der Waals surface area contributed by atoms with E-state index in [0.29, 0.717) is 0 Å². The van der Waals surface area contributed by atoms with Crippen LogP contribution in [-0.4, -0.2) is 16.1 Å². The fourth-order valence-corrected chi connectivity index (χ4v) is 2.18. The predicted octanol–water partition coefficient (Wildman–Crippen LogP) is 1.83. The first-order valence-electron chi connectivity index (χ1n) is 4.85. The first kappa shape index (κ1) is 9.19. The van der Waals surface area contributed by atoms with E-state index < -0.39 is 5.97 Å². The van der Waals surface area contributed by atoms with E-state index in [-0.39, 0.29) is 11.8 Å².